The standard InChI is InChI=1S/C14H18N2O2.C13H15NO2.O2S/c1-15-12-5-3-4-9-10-6-7-16(14(17)18-2)13(10)8-11(9)12;1-16-13(15)14-7-6-11-10-5-3-2-4-9(10)8-12(11)14;1-3-2/h3-5,10,13,15H,6-8H2,1-2H3;2-5,11-12H,6-8H2,1H3;/t10-,13+;11-,12+;/m11./s1. The van der Waals surface area contributed by atoms with Gasteiger partial charge in [0, 0.05) is 49.7 Å². The van der Waals surface area contributed by atoms with Crippen LogP contribution in [0.5, 0.6) is 0 Å². The van der Waals surface area contributed by atoms with Gasteiger partial charge in [-0.25, -0.2) is 9.59 Å². The number of carbonyl (C=O) groups excluding carboxylic acids is 2. The summed E-state index contributed by atoms with van der Waals surface area (Å²) in [6, 6.07) is 15.5. The van der Waals surface area contributed by atoms with Gasteiger partial charge >= 0.3 is 23.8 Å². The minimum absolute atomic E-state index is 0.180. The van der Waals surface area contributed by atoms with E-state index in [1.807, 2.05) is 16.8 Å². The highest BCUT2D eigenvalue weighted by Gasteiger charge is 2.44. The van der Waals surface area contributed by atoms with E-state index < -0.39 is 11.6 Å². The lowest BCUT2D eigenvalue weighted by Gasteiger charge is -2.22. The Kier molecular flexibility index (Phi) is 8.48. The topological polar surface area (TPSA) is 105 Å². The van der Waals surface area contributed by atoms with Crippen LogP contribution in [0.1, 0.15) is 46.9 Å². The lowest BCUT2D eigenvalue weighted by Crippen LogP contribution is -2.36. The van der Waals surface area contributed by atoms with Gasteiger partial charge in [-0.05, 0) is 54.0 Å². The zero-order chi connectivity index (χ0) is 26.5. The number of ether oxygens (including phenoxy) is 2. The van der Waals surface area contributed by atoms with E-state index in [1.54, 1.807) is 0 Å². The Hall–Kier alpha value is -3.40. The van der Waals surface area contributed by atoms with E-state index in [0.29, 0.717) is 17.9 Å². The molecule has 2 fully saturated rings. The minimum atomic E-state index is -0.750. The van der Waals surface area contributed by atoms with Crippen LogP contribution in [0.25, 0.3) is 0 Å². The van der Waals surface area contributed by atoms with Crippen LogP contribution in [0.15, 0.2) is 42.5 Å². The number of rotatable bonds is 1. The molecule has 9 nitrogen and oxygen atoms in total. The predicted molar refractivity (Wildman–Crippen MR) is 139 cm³/mol. The van der Waals surface area contributed by atoms with Crippen LogP contribution in [-0.4, -0.2) is 76.8 Å². The number of hydrogen-bond donors (Lipinski definition) is 1. The Morgan fingerprint density at radius 3 is 1.97 bits per heavy atom. The molecule has 6 rings (SSSR count). The number of hydrogen-bond acceptors (Lipinski definition) is 7. The smallest absolute Gasteiger partial charge is 0.409 e. The zero-order valence-electron chi connectivity index (χ0n) is 21.3. The van der Waals surface area contributed by atoms with E-state index in [2.05, 4.69) is 47.8 Å². The third-order valence-corrected chi connectivity index (χ3v) is 8.09. The van der Waals surface area contributed by atoms with Gasteiger partial charge in [0.25, 0.3) is 0 Å². The maximum absolute atomic E-state index is 11.8. The van der Waals surface area contributed by atoms with Crippen LogP contribution < -0.4 is 5.32 Å². The molecular weight excluding hydrogens is 494 g/mol. The second-order valence-electron chi connectivity index (χ2n) is 9.55. The molecule has 2 saturated heterocycles. The third kappa shape index (κ3) is 5.07. The number of benzene rings is 2. The second-order valence-corrected chi connectivity index (χ2v) is 9.69. The van der Waals surface area contributed by atoms with E-state index in [1.165, 1.54) is 42.2 Å². The molecule has 0 spiro atoms. The van der Waals surface area contributed by atoms with Crippen LogP contribution >= 0.6 is 0 Å². The van der Waals surface area contributed by atoms with Crippen LogP contribution in [0.3, 0.4) is 0 Å². The maximum atomic E-state index is 11.8. The van der Waals surface area contributed by atoms with Crippen molar-refractivity contribution in [3.05, 3.63) is 64.7 Å². The van der Waals surface area contributed by atoms with E-state index in [9.17, 15) is 9.59 Å². The van der Waals surface area contributed by atoms with Gasteiger partial charge in [0.1, 0.15) is 0 Å². The van der Waals surface area contributed by atoms with Crippen molar-refractivity contribution in [1.82, 2.24) is 9.80 Å². The quantitative estimate of drug-likeness (QED) is 0.603. The highest BCUT2D eigenvalue weighted by molar-refractivity contribution is 7.51. The molecule has 10 heteroatoms. The molecule has 4 aliphatic rings. The molecule has 2 aromatic rings. The first-order chi connectivity index (χ1) is 18.0. The van der Waals surface area contributed by atoms with Gasteiger partial charge in [-0.1, -0.05) is 36.4 Å². The molecule has 0 saturated carbocycles. The third-order valence-electron chi connectivity index (χ3n) is 8.09. The Balaban J connectivity index is 0.000000157. The number of anilines is 1. The largest absolute Gasteiger partial charge is 0.453 e. The first-order valence-corrected chi connectivity index (χ1v) is 13.1. The Morgan fingerprint density at radius 1 is 0.838 bits per heavy atom. The van der Waals surface area contributed by atoms with Crippen LogP contribution in [0, 0.1) is 0 Å². The van der Waals surface area contributed by atoms with Crippen LogP contribution in [-0.2, 0) is 33.9 Å². The molecule has 1 N–H and O–H groups in total. The molecule has 0 unspecified atom stereocenters. The fourth-order valence-electron chi connectivity index (χ4n) is 6.56. The minimum Gasteiger partial charge on any atom is -0.453 e. The number of amides is 2. The van der Waals surface area contributed by atoms with Crippen molar-refractivity contribution >= 4 is 29.4 Å². The van der Waals surface area contributed by atoms with Crippen molar-refractivity contribution in [2.45, 2.75) is 49.6 Å². The summed E-state index contributed by atoms with van der Waals surface area (Å²) in [4.78, 5) is 27.1. The second kappa shape index (κ2) is 11.8. The van der Waals surface area contributed by atoms with Crippen molar-refractivity contribution in [2.24, 2.45) is 0 Å². The molecule has 2 amide bonds. The van der Waals surface area contributed by atoms with E-state index in [4.69, 9.17) is 17.9 Å². The van der Waals surface area contributed by atoms with Crippen LogP contribution in [0.2, 0.25) is 0 Å². The van der Waals surface area contributed by atoms with E-state index in [0.717, 1.165) is 38.8 Å². The highest BCUT2D eigenvalue weighted by atomic mass is 32.1. The Bertz CT molecular complexity index is 1180. The number of nitrogens with zero attached hydrogens (tertiary/aromatic N) is 2. The molecule has 198 valence electrons. The molecule has 2 aromatic carbocycles. The van der Waals surface area contributed by atoms with Crippen molar-refractivity contribution in [2.75, 3.05) is 39.7 Å². The van der Waals surface area contributed by atoms with Gasteiger partial charge < -0.3 is 24.6 Å². The molecular formula is C27H33N3O6S. The van der Waals surface area contributed by atoms with Crippen molar-refractivity contribution in [1.29, 1.82) is 0 Å². The first kappa shape index (κ1) is 26.7. The van der Waals surface area contributed by atoms with Gasteiger partial charge in [0.05, 0.1) is 14.2 Å². The fourth-order valence-corrected chi connectivity index (χ4v) is 6.56. The molecule has 0 aromatic heterocycles. The summed E-state index contributed by atoms with van der Waals surface area (Å²) in [7, 11) is 4.86. The van der Waals surface area contributed by atoms with Gasteiger partial charge in [-0.3, -0.25) is 0 Å². The summed E-state index contributed by atoms with van der Waals surface area (Å²) >= 11 is -0.750. The van der Waals surface area contributed by atoms with Gasteiger partial charge in [0.15, 0.2) is 0 Å². The summed E-state index contributed by atoms with van der Waals surface area (Å²) < 4.78 is 26.3. The van der Waals surface area contributed by atoms with E-state index >= 15 is 0 Å². The van der Waals surface area contributed by atoms with Crippen molar-refractivity contribution in [3.63, 3.8) is 0 Å². The molecule has 2 heterocycles. The number of methoxy groups -OCH3 is 2. The van der Waals surface area contributed by atoms with Gasteiger partial charge in [0.2, 0.25) is 0 Å². The first-order valence-electron chi connectivity index (χ1n) is 12.5. The lowest BCUT2D eigenvalue weighted by atomic mass is 9.98. The molecule has 2 aliphatic heterocycles. The average Bonchev–Trinajstić information content (AvgIpc) is 3.68. The summed E-state index contributed by atoms with van der Waals surface area (Å²) in [5, 5.41) is 3.24. The number of likely N-dealkylation sites (tertiary alicyclic amines) is 2. The number of carbonyl (C=O) groups is 2. The lowest BCUT2D eigenvalue weighted by molar-refractivity contribution is 0.118. The zero-order valence-corrected chi connectivity index (χ0v) is 22.2. The summed E-state index contributed by atoms with van der Waals surface area (Å²) in [6.07, 6.45) is 3.65. The Labute approximate surface area is 220 Å². The Morgan fingerprint density at radius 2 is 1.38 bits per heavy atom. The average molecular weight is 528 g/mol. The normalized spacial score (nSPS) is 23.8. The molecule has 37 heavy (non-hydrogen) atoms. The number of nitrogens with one attached hydrogen (secondary N) is 1. The van der Waals surface area contributed by atoms with Gasteiger partial charge in [-0.15, -0.1) is 0 Å². The summed E-state index contributed by atoms with van der Waals surface area (Å²) in [5.41, 5.74) is 6.78. The van der Waals surface area contributed by atoms with Gasteiger partial charge in [-0.2, -0.15) is 8.42 Å². The SMILES string of the molecule is CNc1cccc2c1C[C@H]1[C@@H]2CCN1C(=O)OC.COC(=O)N1CC[C@@H]2c3ccccc3C[C@@H]21.O=S=O. The summed E-state index contributed by atoms with van der Waals surface area (Å²) in [5.74, 6) is 1.00. The van der Waals surface area contributed by atoms with Crippen LogP contribution in [0.4, 0.5) is 15.3 Å². The molecule has 0 radical (unpaired) electrons. The monoisotopic (exact) mass is 527 g/mol. The van der Waals surface area contributed by atoms with Crippen molar-refractivity contribution in [3.8, 4) is 0 Å². The molecule has 4 atom stereocenters. The summed E-state index contributed by atoms with van der Waals surface area (Å²) in [6.45, 7) is 1.64. The predicted octanol–water partition coefficient (Wildman–Crippen LogP) is 3.71. The highest BCUT2D eigenvalue weighted by Crippen LogP contribution is 2.45. The maximum Gasteiger partial charge on any atom is 0.409 e. The molecule has 0 bridgehead atoms. The molecule has 2 aliphatic carbocycles. The number of fused-ring (bicyclic) bond motifs is 6. The fraction of sp³-hybridized carbons (Fsp3) is 0.481. The van der Waals surface area contributed by atoms with Crippen molar-refractivity contribution < 1.29 is 27.5 Å². The van der Waals surface area contributed by atoms with E-state index in [-0.39, 0.29) is 18.2 Å².